The summed E-state index contributed by atoms with van der Waals surface area (Å²) in [5.74, 6) is -0.319. The maximum absolute atomic E-state index is 13.2. The maximum atomic E-state index is 13.2. The molecule has 2 nitrogen and oxygen atoms in total. The number of benzene rings is 1. The van der Waals surface area contributed by atoms with Crippen molar-refractivity contribution in [2.45, 2.75) is 19.3 Å². The quantitative estimate of drug-likeness (QED) is 0.551. The van der Waals surface area contributed by atoms with Gasteiger partial charge in [-0.15, -0.1) is 0 Å². The van der Waals surface area contributed by atoms with Crippen LogP contribution in [0.1, 0.15) is 18.4 Å². The predicted octanol–water partition coefficient (Wildman–Crippen LogP) is 1.72. The number of hydrogen-bond donors (Lipinski definition) is 2. The number of rotatable bonds is 4. The van der Waals surface area contributed by atoms with Gasteiger partial charge in [0.25, 0.3) is 0 Å². The molecule has 0 atom stereocenters. The van der Waals surface area contributed by atoms with Crippen molar-refractivity contribution in [2.24, 2.45) is 0 Å². The molecule has 0 unspecified atom stereocenters. The van der Waals surface area contributed by atoms with Crippen LogP contribution in [0.3, 0.4) is 0 Å². The van der Waals surface area contributed by atoms with E-state index in [0.29, 0.717) is 18.4 Å². The minimum atomic E-state index is -0.319. The third-order valence-corrected chi connectivity index (χ3v) is 1.96. The standard InChI is InChI=1S/C10H14FNO/c11-10-8(4-1-2-7-13)5-3-6-9(10)12/h3,5-6,13H,1-2,4,7,12H2. The Hall–Kier alpha value is -1.09. The molecule has 72 valence electrons. The zero-order valence-corrected chi connectivity index (χ0v) is 7.46. The average Bonchev–Trinajstić information content (AvgIpc) is 2.13. The fourth-order valence-electron chi connectivity index (χ4n) is 1.22. The van der Waals surface area contributed by atoms with E-state index in [1.54, 1.807) is 18.2 Å². The van der Waals surface area contributed by atoms with Crippen molar-refractivity contribution >= 4 is 5.69 Å². The zero-order chi connectivity index (χ0) is 9.68. The highest BCUT2D eigenvalue weighted by Gasteiger charge is 2.03. The van der Waals surface area contributed by atoms with E-state index in [1.807, 2.05) is 0 Å². The molecule has 0 aromatic heterocycles. The Morgan fingerprint density at radius 2 is 2.08 bits per heavy atom. The molecule has 0 saturated heterocycles. The fraction of sp³-hybridized carbons (Fsp3) is 0.400. The lowest BCUT2D eigenvalue weighted by Gasteiger charge is -2.03. The molecule has 0 amide bonds. The van der Waals surface area contributed by atoms with Gasteiger partial charge in [0.1, 0.15) is 5.82 Å². The van der Waals surface area contributed by atoms with E-state index in [4.69, 9.17) is 10.8 Å². The lowest BCUT2D eigenvalue weighted by atomic mass is 10.1. The summed E-state index contributed by atoms with van der Waals surface area (Å²) >= 11 is 0. The number of anilines is 1. The maximum Gasteiger partial charge on any atom is 0.149 e. The second-order valence-electron chi connectivity index (χ2n) is 3.00. The molecule has 1 rings (SSSR count). The SMILES string of the molecule is Nc1cccc(CCCCO)c1F. The van der Waals surface area contributed by atoms with Gasteiger partial charge in [-0.3, -0.25) is 0 Å². The molecule has 0 aliphatic rings. The third kappa shape index (κ3) is 2.70. The number of aliphatic hydroxyl groups is 1. The van der Waals surface area contributed by atoms with Gasteiger partial charge in [-0.1, -0.05) is 12.1 Å². The topological polar surface area (TPSA) is 46.2 Å². The van der Waals surface area contributed by atoms with Gasteiger partial charge < -0.3 is 10.8 Å². The number of unbranched alkanes of at least 4 members (excludes halogenated alkanes) is 1. The third-order valence-electron chi connectivity index (χ3n) is 1.96. The van der Waals surface area contributed by atoms with Crippen LogP contribution < -0.4 is 5.73 Å². The number of aliphatic hydroxyl groups excluding tert-OH is 1. The van der Waals surface area contributed by atoms with Gasteiger partial charge >= 0.3 is 0 Å². The van der Waals surface area contributed by atoms with Gasteiger partial charge in [-0.2, -0.15) is 0 Å². The minimum absolute atomic E-state index is 0.157. The monoisotopic (exact) mass is 183 g/mol. The molecule has 0 radical (unpaired) electrons. The summed E-state index contributed by atoms with van der Waals surface area (Å²) in [6.07, 6.45) is 2.13. The Morgan fingerprint density at radius 1 is 1.31 bits per heavy atom. The van der Waals surface area contributed by atoms with Gasteiger partial charge in [-0.05, 0) is 30.9 Å². The number of aryl methyl sites for hydroxylation is 1. The van der Waals surface area contributed by atoms with Crippen LogP contribution in [0.25, 0.3) is 0 Å². The summed E-state index contributed by atoms with van der Waals surface area (Å²) in [6, 6.07) is 5.01. The summed E-state index contributed by atoms with van der Waals surface area (Å²) in [5, 5.41) is 8.55. The molecule has 3 N–H and O–H groups in total. The highest BCUT2D eigenvalue weighted by molar-refractivity contribution is 5.42. The molecule has 3 heteroatoms. The van der Waals surface area contributed by atoms with Crippen LogP contribution >= 0.6 is 0 Å². The van der Waals surface area contributed by atoms with E-state index in [1.165, 1.54) is 0 Å². The van der Waals surface area contributed by atoms with Crippen LogP contribution in [-0.2, 0) is 6.42 Å². The molecule has 1 aromatic carbocycles. The van der Waals surface area contributed by atoms with Crippen LogP contribution in [0.2, 0.25) is 0 Å². The lowest BCUT2D eigenvalue weighted by Crippen LogP contribution is -1.97. The van der Waals surface area contributed by atoms with Gasteiger partial charge in [0, 0.05) is 6.61 Å². The van der Waals surface area contributed by atoms with Gasteiger partial charge in [0.05, 0.1) is 5.69 Å². The number of nitrogen functional groups attached to an aromatic ring is 1. The fourth-order valence-corrected chi connectivity index (χ4v) is 1.22. The molecule has 0 spiro atoms. The summed E-state index contributed by atoms with van der Waals surface area (Å²) in [5.41, 5.74) is 6.23. The molecule has 0 saturated carbocycles. The molecule has 1 aromatic rings. The van der Waals surface area contributed by atoms with E-state index < -0.39 is 0 Å². The van der Waals surface area contributed by atoms with Crippen molar-refractivity contribution < 1.29 is 9.50 Å². The lowest BCUT2D eigenvalue weighted by molar-refractivity contribution is 0.284. The molecule has 13 heavy (non-hydrogen) atoms. The number of hydrogen-bond acceptors (Lipinski definition) is 2. The first-order chi connectivity index (χ1) is 6.25. The normalized spacial score (nSPS) is 10.3. The molecule has 0 aliphatic carbocycles. The van der Waals surface area contributed by atoms with E-state index in [9.17, 15) is 4.39 Å². The Bertz CT molecular complexity index is 276. The van der Waals surface area contributed by atoms with Crippen LogP contribution in [0.4, 0.5) is 10.1 Å². The minimum Gasteiger partial charge on any atom is -0.396 e. The number of halogens is 1. The van der Waals surface area contributed by atoms with Crippen LogP contribution in [0, 0.1) is 5.82 Å². The van der Waals surface area contributed by atoms with Gasteiger partial charge in [-0.25, -0.2) is 4.39 Å². The number of nitrogens with two attached hydrogens (primary N) is 1. The zero-order valence-electron chi connectivity index (χ0n) is 7.46. The first-order valence-corrected chi connectivity index (χ1v) is 4.39. The summed E-state index contributed by atoms with van der Waals surface area (Å²) in [7, 11) is 0. The van der Waals surface area contributed by atoms with Crippen molar-refractivity contribution in [3.8, 4) is 0 Å². The van der Waals surface area contributed by atoms with E-state index in [2.05, 4.69) is 0 Å². The summed E-state index contributed by atoms with van der Waals surface area (Å²) < 4.78 is 13.2. The van der Waals surface area contributed by atoms with Crippen molar-refractivity contribution in [1.29, 1.82) is 0 Å². The highest BCUT2D eigenvalue weighted by Crippen LogP contribution is 2.16. The Balaban J connectivity index is 2.61. The Labute approximate surface area is 77.2 Å². The highest BCUT2D eigenvalue weighted by atomic mass is 19.1. The first-order valence-electron chi connectivity index (χ1n) is 4.39. The molecule has 0 aliphatic heterocycles. The molecule has 0 fully saturated rings. The van der Waals surface area contributed by atoms with Crippen molar-refractivity contribution in [1.82, 2.24) is 0 Å². The second-order valence-corrected chi connectivity index (χ2v) is 3.00. The second kappa shape index (κ2) is 4.82. The van der Waals surface area contributed by atoms with Crippen molar-refractivity contribution in [2.75, 3.05) is 12.3 Å². The van der Waals surface area contributed by atoms with Crippen LogP contribution in [0.15, 0.2) is 18.2 Å². The smallest absolute Gasteiger partial charge is 0.149 e. The molecule has 0 heterocycles. The molecular weight excluding hydrogens is 169 g/mol. The first kappa shape index (κ1) is 9.99. The van der Waals surface area contributed by atoms with Gasteiger partial charge in [0.2, 0.25) is 0 Å². The van der Waals surface area contributed by atoms with Crippen molar-refractivity contribution in [3.05, 3.63) is 29.6 Å². The average molecular weight is 183 g/mol. The van der Waals surface area contributed by atoms with Crippen LogP contribution in [0.5, 0.6) is 0 Å². The van der Waals surface area contributed by atoms with Crippen molar-refractivity contribution in [3.63, 3.8) is 0 Å². The van der Waals surface area contributed by atoms with E-state index in [0.717, 1.165) is 6.42 Å². The summed E-state index contributed by atoms with van der Waals surface area (Å²) in [4.78, 5) is 0. The Morgan fingerprint density at radius 3 is 2.77 bits per heavy atom. The molecular formula is C10H14FNO. The Kier molecular flexibility index (Phi) is 3.71. The van der Waals surface area contributed by atoms with E-state index in [-0.39, 0.29) is 18.1 Å². The van der Waals surface area contributed by atoms with Crippen LogP contribution in [-0.4, -0.2) is 11.7 Å². The van der Waals surface area contributed by atoms with Gasteiger partial charge in [0.15, 0.2) is 0 Å². The largest absolute Gasteiger partial charge is 0.396 e. The molecule has 0 bridgehead atoms. The predicted molar refractivity (Wildman–Crippen MR) is 50.8 cm³/mol. The van der Waals surface area contributed by atoms with E-state index >= 15 is 0 Å². The summed E-state index contributed by atoms with van der Waals surface area (Å²) in [6.45, 7) is 0.157.